The molecule has 0 atom stereocenters. The summed E-state index contributed by atoms with van der Waals surface area (Å²) in [5.74, 6) is -0.278. The van der Waals surface area contributed by atoms with Gasteiger partial charge < -0.3 is 4.57 Å². The number of pyridine rings is 1. The van der Waals surface area contributed by atoms with Crippen LogP contribution in [0.25, 0.3) is 0 Å². The van der Waals surface area contributed by atoms with E-state index in [1.807, 2.05) is 0 Å². The van der Waals surface area contributed by atoms with Crippen LogP contribution in [-0.2, 0) is 17.8 Å². The zero-order chi connectivity index (χ0) is 15.1. The molecule has 2 heterocycles. The summed E-state index contributed by atoms with van der Waals surface area (Å²) in [6, 6.07) is 4.78. The van der Waals surface area contributed by atoms with Crippen LogP contribution in [-0.4, -0.2) is 20.7 Å². The van der Waals surface area contributed by atoms with Gasteiger partial charge in [-0.3, -0.25) is 14.9 Å². The minimum absolute atomic E-state index is 0.0234. The minimum atomic E-state index is -0.278. The van der Waals surface area contributed by atoms with Crippen molar-refractivity contribution in [2.75, 3.05) is 5.32 Å². The van der Waals surface area contributed by atoms with E-state index in [2.05, 4.69) is 22.4 Å². The van der Waals surface area contributed by atoms with Crippen LogP contribution in [0.1, 0.15) is 31.2 Å². The number of aromatic nitrogens is 3. The van der Waals surface area contributed by atoms with Crippen molar-refractivity contribution in [1.82, 2.24) is 14.8 Å². The van der Waals surface area contributed by atoms with Crippen LogP contribution in [0, 0.1) is 0 Å². The average molecular weight is 306 g/mol. The quantitative estimate of drug-likeness (QED) is 0.794. The number of amides is 1. The number of nitrogens with zero attached hydrogens (tertiary/aromatic N) is 3. The average Bonchev–Trinajstić information content (AvgIpc) is 2.89. The van der Waals surface area contributed by atoms with Gasteiger partial charge in [0.25, 0.3) is 5.56 Å². The summed E-state index contributed by atoms with van der Waals surface area (Å²) >= 11 is 1.38. The Bertz CT molecular complexity index is 650. The maximum absolute atomic E-state index is 11.9. The first-order chi connectivity index (χ1) is 10.2. The van der Waals surface area contributed by atoms with Gasteiger partial charge in [-0.25, -0.2) is 0 Å². The van der Waals surface area contributed by atoms with E-state index in [0.29, 0.717) is 5.13 Å². The Morgan fingerprint density at radius 1 is 1.33 bits per heavy atom. The number of aryl methyl sites for hydroxylation is 1. The van der Waals surface area contributed by atoms with E-state index in [1.54, 1.807) is 18.3 Å². The maximum atomic E-state index is 11.9. The second kappa shape index (κ2) is 7.68. The van der Waals surface area contributed by atoms with Crippen LogP contribution in [0.15, 0.2) is 29.2 Å². The molecule has 2 rings (SSSR count). The van der Waals surface area contributed by atoms with Crippen molar-refractivity contribution < 1.29 is 4.79 Å². The number of anilines is 1. The van der Waals surface area contributed by atoms with Gasteiger partial charge in [-0.05, 0) is 12.5 Å². The normalized spacial score (nSPS) is 10.5. The van der Waals surface area contributed by atoms with Gasteiger partial charge in [0.05, 0.1) is 0 Å². The molecule has 112 valence electrons. The number of hydrogen-bond donors (Lipinski definition) is 1. The van der Waals surface area contributed by atoms with Gasteiger partial charge in [0.2, 0.25) is 11.0 Å². The third-order valence-electron chi connectivity index (χ3n) is 2.92. The molecular weight excluding hydrogens is 288 g/mol. The first-order valence-corrected chi connectivity index (χ1v) is 7.78. The second-order valence-corrected chi connectivity index (χ2v) is 5.74. The molecule has 0 aliphatic heterocycles. The molecule has 0 radical (unpaired) electrons. The van der Waals surface area contributed by atoms with E-state index in [9.17, 15) is 9.59 Å². The Morgan fingerprint density at radius 2 is 2.19 bits per heavy atom. The minimum Gasteiger partial charge on any atom is -0.306 e. The Morgan fingerprint density at radius 3 is 2.95 bits per heavy atom. The van der Waals surface area contributed by atoms with Crippen molar-refractivity contribution in [1.29, 1.82) is 0 Å². The molecule has 1 N–H and O–H groups in total. The molecule has 21 heavy (non-hydrogen) atoms. The predicted octanol–water partition coefficient (Wildman–Crippen LogP) is 2.07. The molecule has 0 bridgehead atoms. The molecule has 0 spiro atoms. The summed E-state index contributed by atoms with van der Waals surface area (Å²) in [6.07, 6.45) is 5.88. The fraction of sp³-hybridized carbons (Fsp3) is 0.429. The van der Waals surface area contributed by atoms with Crippen LogP contribution in [0.5, 0.6) is 0 Å². The molecule has 7 heteroatoms. The van der Waals surface area contributed by atoms with Crippen molar-refractivity contribution >= 4 is 22.4 Å². The van der Waals surface area contributed by atoms with Crippen molar-refractivity contribution in [3.8, 4) is 0 Å². The number of hydrogen-bond acceptors (Lipinski definition) is 5. The Kier molecular flexibility index (Phi) is 5.62. The predicted molar refractivity (Wildman–Crippen MR) is 82.5 cm³/mol. The topological polar surface area (TPSA) is 76.9 Å². The zero-order valence-electron chi connectivity index (χ0n) is 11.9. The molecular formula is C14H18N4O2S. The van der Waals surface area contributed by atoms with Gasteiger partial charge in [-0.1, -0.05) is 37.2 Å². The third kappa shape index (κ3) is 4.78. The van der Waals surface area contributed by atoms with Crippen molar-refractivity contribution in [3.05, 3.63) is 39.8 Å². The molecule has 2 aromatic rings. The number of nitrogens with one attached hydrogen (secondary N) is 1. The highest BCUT2D eigenvalue weighted by Crippen LogP contribution is 2.17. The summed E-state index contributed by atoms with van der Waals surface area (Å²) in [7, 11) is 0. The lowest BCUT2D eigenvalue weighted by Crippen LogP contribution is -2.26. The molecule has 2 aromatic heterocycles. The number of carbonyl (C=O) groups is 1. The van der Waals surface area contributed by atoms with E-state index in [1.165, 1.54) is 22.0 Å². The summed E-state index contributed by atoms with van der Waals surface area (Å²) in [4.78, 5) is 23.4. The van der Waals surface area contributed by atoms with Gasteiger partial charge in [0, 0.05) is 18.7 Å². The van der Waals surface area contributed by atoms with Crippen molar-refractivity contribution in [2.45, 2.75) is 39.2 Å². The summed E-state index contributed by atoms with van der Waals surface area (Å²) in [5.41, 5.74) is -0.204. The van der Waals surface area contributed by atoms with Crippen LogP contribution in [0.2, 0.25) is 0 Å². The van der Waals surface area contributed by atoms with Crippen LogP contribution in [0.4, 0.5) is 5.13 Å². The Labute approximate surface area is 126 Å². The molecule has 0 aromatic carbocycles. The highest BCUT2D eigenvalue weighted by atomic mass is 32.1. The van der Waals surface area contributed by atoms with E-state index >= 15 is 0 Å². The summed E-state index contributed by atoms with van der Waals surface area (Å²) in [5, 5.41) is 12.1. The molecule has 0 unspecified atom stereocenters. The molecule has 0 aliphatic rings. The molecule has 1 amide bonds. The zero-order valence-corrected chi connectivity index (χ0v) is 12.7. The summed E-state index contributed by atoms with van der Waals surface area (Å²) in [6.45, 7) is 2.13. The van der Waals surface area contributed by atoms with Gasteiger partial charge in [0.1, 0.15) is 11.6 Å². The number of unbranched alkanes of at least 4 members (excludes halogenated alkanes) is 2. The highest BCUT2D eigenvalue weighted by molar-refractivity contribution is 7.15. The first-order valence-electron chi connectivity index (χ1n) is 6.96. The van der Waals surface area contributed by atoms with Crippen LogP contribution < -0.4 is 10.9 Å². The van der Waals surface area contributed by atoms with Crippen LogP contribution >= 0.6 is 11.3 Å². The lowest BCUT2D eigenvalue weighted by molar-refractivity contribution is -0.116. The van der Waals surface area contributed by atoms with Crippen LogP contribution in [0.3, 0.4) is 0 Å². The fourth-order valence-electron chi connectivity index (χ4n) is 1.84. The molecule has 0 fully saturated rings. The lowest BCUT2D eigenvalue weighted by Gasteiger charge is -2.03. The van der Waals surface area contributed by atoms with Crippen molar-refractivity contribution in [3.63, 3.8) is 0 Å². The Balaban J connectivity index is 1.88. The number of rotatable bonds is 7. The third-order valence-corrected chi connectivity index (χ3v) is 3.82. The second-order valence-electron chi connectivity index (χ2n) is 4.67. The molecule has 0 aliphatic carbocycles. The first kappa shape index (κ1) is 15.4. The standard InChI is InChI=1S/C14H18N4O2S/c1-2-3-4-7-12-16-17-14(21-12)15-11(19)10-18-9-6-5-8-13(18)20/h5-6,8-9H,2-4,7,10H2,1H3,(H,15,17,19). The lowest BCUT2D eigenvalue weighted by atomic mass is 10.2. The number of carbonyl (C=O) groups excluding carboxylic acids is 1. The van der Waals surface area contributed by atoms with E-state index in [4.69, 9.17) is 0 Å². The largest absolute Gasteiger partial charge is 0.306 e. The molecule has 0 saturated carbocycles. The smallest absolute Gasteiger partial charge is 0.250 e. The van der Waals surface area contributed by atoms with Gasteiger partial charge in [-0.15, -0.1) is 10.2 Å². The summed E-state index contributed by atoms with van der Waals surface area (Å²) < 4.78 is 1.35. The maximum Gasteiger partial charge on any atom is 0.250 e. The van der Waals surface area contributed by atoms with Crippen molar-refractivity contribution in [2.24, 2.45) is 0 Å². The van der Waals surface area contributed by atoms with Gasteiger partial charge in [-0.2, -0.15) is 0 Å². The van der Waals surface area contributed by atoms with E-state index in [-0.39, 0.29) is 18.0 Å². The molecule has 0 saturated heterocycles. The van der Waals surface area contributed by atoms with Gasteiger partial charge in [0.15, 0.2) is 0 Å². The monoisotopic (exact) mass is 306 g/mol. The van der Waals surface area contributed by atoms with Gasteiger partial charge >= 0.3 is 0 Å². The SMILES string of the molecule is CCCCCc1nnc(NC(=O)Cn2ccccc2=O)s1. The van der Waals surface area contributed by atoms with E-state index < -0.39 is 0 Å². The highest BCUT2D eigenvalue weighted by Gasteiger charge is 2.09. The molecule has 6 nitrogen and oxygen atoms in total. The Hall–Kier alpha value is -2.02. The van der Waals surface area contributed by atoms with E-state index in [0.717, 1.165) is 30.7 Å². The fourth-order valence-corrected chi connectivity index (χ4v) is 2.63.